The molecule has 0 spiro atoms. The van der Waals surface area contributed by atoms with Crippen molar-refractivity contribution in [2.45, 2.75) is 52.1 Å². The molecular formula is C16H23N3. The smallest absolute Gasteiger partial charge is 0.110 e. The van der Waals surface area contributed by atoms with E-state index < -0.39 is 0 Å². The molecule has 1 aromatic heterocycles. The average Bonchev–Trinajstić information content (AvgIpc) is 2.89. The van der Waals surface area contributed by atoms with Crippen LogP contribution in [0.4, 0.5) is 0 Å². The van der Waals surface area contributed by atoms with Crippen LogP contribution in [0.5, 0.6) is 0 Å². The van der Waals surface area contributed by atoms with Gasteiger partial charge in [0, 0.05) is 19.0 Å². The first-order valence-corrected chi connectivity index (χ1v) is 7.31. The molecule has 102 valence electrons. The van der Waals surface area contributed by atoms with Gasteiger partial charge in [-0.05, 0) is 43.7 Å². The summed E-state index contributed by atoms with van der Waals surface area (Å²) < 4.78 is 2.35. The van der Waals surface area contributed by atoms with E-state index in [1.807, 2.05) is 0 Å². The van der Waals surface area contributed by atoms with Crippen LogP contribution in [0.15, 0.2) is 24.3 Å². The molecule has 1 aromatic carbocycles. The molecule has 0 aliphatic heterocycles. The molecule has 0 radical (unpaired) electrons. The highest BCUT2D eigenvalue weighted by molar-refractivity contribution is 5.75. The lowest BCUT2D eigenvalue weighted by Gasteiger charge is -2.23. The molecule has 3 nitrogen and oxygen atoms in total. The van der Waals surface area contributed by atoms with E-state index in [-0.39, 0.29) is 0 Å². The predicted octanol–water partition coefficient (Wildman–Crippen LogP) is 3.12. The number of nitrogens with zero attached hydrogens (tertiary/aromatic N) is 2. The Morgan fingerprint density at radius 3 is 2.89 bits per heavy atom. The number of nitrogens with two attached hydrogens (primary N) is 1. The third-order valence-corrected chi connectivity index (χ3v) is 4.51. The number of hydrogen-bond donors (Lipinski definition) is 1. The second-order valence-electron chi connectivity index (χ2n) is 6.25. The van der Waals surface area contributed by atoms with Gasteiger partial charge in [-0.15, -0.1) is 0 Å². The van der Waals surface area contributed by atoms with Crippen LogP contribution in [0.3, 0.4) is 0 Å². The number of fused-ring (bicyclic) bond motifs is 1. The van der Waals surface area contributed by atoms with Gasteiger partial charge in [0.15, 0.2) is 0 Å². The summed E-state index contributed by atoms with van der Waals surface area (Å²) in [7, 11) is 0. The number of imidazole rings is 1. The zero-order chi connectivity index (χ0) is 13.5. The van der Waals surface area contributed by atoms with Gasteiger partial charge in [0.05, 0.1) is 11.0 Å². The molecule has 1 fully saturated rings. The van der Waals surface area contributed by atoms with E-state index >= 15 is 0 Å². The maximum Gasteiger partial charge on any atom is 0.110 e. The zero-order valence-electron chi connectivity index (χ0n) is 11.9. The van der Waals surface area contributed by atoms with Crippen LogP contribution in [0, 0.1) is 5.41 Å². The minimum absolute atomic E-state index is 0.327. The topological polar surface area (TPSA) is 43.8 Å². The first kappa shape index (κ1) is 12.7. The first-order chi connectivity index (χ1) is 9.11. The third kappa shape index (κ3) is 2.27. The average molecular weight is 257 g/mol. The summed E-state index contributed by atoms with van der Waals surface area (Å²) in [4.78, 5) is 4.84. The minimum Gasteiger partial charge on any atom is -0.328 e. The fraction of sp³-hybridized carbons (Fsp3) is 0.562. The van der Waals surface area contributed by atoms with Gasteiger partial charge in [0.25, 0.3) is 0 Å². The van der Waals surface area contributed by atoms with E-state index in [0.29, 0.717) is 11.5 Å². The van der Waals surface area contributed by atoms with Crippen LogP contribution in [0.1, 0.15) is 38.9 Å². The number of rotatable bonds is 3. The lowest BCUT2D eigenvalue weighted by molar-refractivity contribution is 0.318. The Morgan fingerprint density at radius 1 is 1.42 bits per heavy atom. The van der Waals surface area contributed by atoms with Crippen molar-refractivity contribution < 1.29 is 0 Å². The van der Waals surface area contributed by atoms with Crippen molar-refractivity contribution in [1.29, 1.82) is 0 Å². The summed E-state index contributed by atoms with van der Waals surface area (Å²) >= 11 is 0. The van der Waals surface area contributed by atoms with Gasteiger partial charge in [-0.25, -0.2) is 4.98 Å². The Bertz CT molecular complexity index is 587. The van der Waals surface area contributed by atoms with Crippen LogP contribution >= 0.6 is 0 Å². The number of benzene rings is 1. The number of hydrogen-bond acceptors (Lipinski definition) is 2. The molecule has 2 aromatic rings. The molecule has 2 atom stereocenters. The molecule has 0 bridgehead atoms. The van der Waals surface area contributed by atoms with Crippen LogP contribution in [-0.2, 0) is 13.0 Å². The van der Waals surface area contributed by atoms with Crippen LogP contribution in [0.2, 0.25) is 0 Å². The van der Waals surface area contributed by atoms with Gasteiger partial charge in [0.2, 0.25) is 0 Å². The third-order valence-electron chi connectivity index (χ3n) is 4.51. The minimum atomic E-state index is 0.327. The lowest BCUT2D eigenvalue weighted by atomic mass is 9.84. The summed E-state index contributed by atoms with van der Waals surface area (Å²) in [5.41, 5.74) is 8.78. The fourth-order valence-electron chi connectivity index (χ4n) is 3.53. The monoisotopic (exact) mass is 257 g/mol. The molecule has 1 aliphatic rings. The zero-order valence-corrected chi connectivity index (χ0v) is 11.9. The summed E-state index contributed by atoms with van der Waals surface area (Å²) in [6.07, 6.45) is 4.55. The standard InChI is InChI=1S/C16H23N3/c1-3-19-14-7-5-4-6-13(14)18-15(19)11-16(2)9-8-12(17)10-16/h4-7,12H,3,8-11,17H2,1-2H3. The van der Waals surface area contributed by atoms with Gasteiger partial charge in [-0.2, -0.15) is 0 Å². The summed E-state index contributed by atoms with van der Waals surface area (Å²) in [5.74, 6) is 1.22. The Hall–Kier alpha value is -1.35. The van der Waals surface area contributed by atoms with E-state index in [9.17, 15) is 0 Å². The fourth-order valence-corrected chi connectivity index (χ4v) is 3.53. The largest absolute Gasteiger partial charge is 0.328 e. The summed E-state index contributed by atoms with van der Waals surface area (Å²) in [6.45, 7) is 5.54. The highest BCUT2D eigenvalue weighted by Crippen LogP contribution is 2.40. The number of para-hydroxylation sites is 2. The molecule has 3 heteroatoms. The molecule has 1 heterocycles. The predicted molar refractivity (Wildman–Crippen MR) is 79.0 cm³/mol. The van der Waals surface area contributed by atoms with E-state index in [1.165, 1.54) is 17.8 Å². The normalized spacial score (nSPS) is 27.2. The molecule has 0 saturated heterocycles. The van der Waals surface area contributed by atoms with Gasteiger partial charge < -0.3 is 10.3 Å². The molecule has 19 heavy (non-hydrogen) atoms. The van der Waals surface area contributed by atoms with Crippen molar-refractivity contribution in [2.75, 3.05) is 0 Å². The van der Waals surface area contributed by atoms with Crippen LogP contribution in [-0.4, -0.2) is 15.6 Å². The molecular weight excluding hydrogens is 234 g/mol. The molecule has 1 aliphatic carbocycles. The van der Waals surface area contributed by atoms with E-state index in [1.54, 1.807) is 0 Å². The van der Waals surface area contributed by atoms with Crippen molar-refractivity contribution in [3.8, 4) is 0 Å². The first-order valence-electron chi connectivity index (χ1n) is 7.31. The van der Waals surface area contributed by atoms with Crippen molar-refractivity contribution >= 4 is 11.0 Å². The van der Waals surface area contributed by atoms with Gasteiger partial charge in [-0.3, -0.25) is 0 Å². The van der Waals surface area contributed by atoms with Gasteiger partial charge >= 0.3 is 0 Å². The van der Waals surface area contributed by atoms with E-state index in [4.69, 9.17) is 10.7 Å². The number of aromatic nitrogens is 2. The number of aryl methyl sites for hydroxylation is 1. The second-order valence-corrected chi connectivity index (χ2v) is 6.25. The van der Waals surface area contributed by atoms with Crippen molar-refractivity contribution in [2.24, 2.45) is 11.1 Å². The summed E-state index contributed by atoms with van der Waals surface area (Å²) in [5, 5.41) is 0. The highest BCUT2D eigenvalue weighted by Gasteiger charge is 2.34. The Balaban J connectivity index is 1.96. The highest BCUT2D eigenvalue weighted by atomic mass is 15.1. The van der Waals surface area contributed by atoms with Gasteiger partial charge in [-0.1, -0.05) is 19.1 Å². The Labute approximate surface area is 114 Å². The van der Waals surface area contributed by atoms with E-state index in [2.05, 4.69) is 42.7 Å². The SMILES string of the molecule is CCn1c(CC2(C)CCC(N)C2)nc2ccccc21. The maximum atomic E-state index is 6.08. The summed E-state index contributed by atoms with van der Waals surface area (Å²) in [6, 6.07) is 8.80. The van der Waals surface area contributed by atoms with Crippen LogP contribution in [0.25, 0.3) is 11.0 Å². The van der Waals surface area contributed by atoms with Crippen molar-refractivity contribution in [1.82, 2.24) is 9.55 Å². The van der Waals surface area contributed by atoms with Crippen molar-refractivity contribution in [3.05, 3.63) is 30.1 Å². The molecule has 1 saturated carbocycles. The van der Waals surface area contributed by atoms with E-state index in [0.717, 1.165) is 31.3 Å². The molecule has 0 amide bonds. The molecule has 2 unspecified atom stereocenters. The Morgan fingerprint density at radius 2 is 2.21 bits per heavy atom. The molecule has 2 N–H and O–H groups in total. The quantitative estimate of drug-likeness (QED) is 0.918. The Kier molecular flexibility index (Phi) is 3.09. The lowest BCUT2D eigenvalue weighted by Crippen LogP contribution is -2.22. The van der Waals surface area contributed by atoms with Crippen molar-refractivity contribution in [3.63, 3.8) is 0 Å². The maximum absolute atomic E-state index is 6.08. The van der Waals surface area contributed by atoms with Crippen LogP contribution < -0.4 is 5.73 Å². The van der Waals surface area contributed by atoms with Gasteiger partial charge in [0.1, 0.15) is 5.82 Å². The second kappa shape index (κ2) is 4.64. The molecule has 3 rings (SSSR count).